The summed E-state index contributed by atoms with van der Waals surface area (Å²) in [5.74, 6) is -1.29. The second kappa shape index (κ2) is 16.3. The van der Waals surface area contributed by atoms with E-state index in [4.69, 9.17) is 9.47 Å². The van der Waals surface area contributed by atoms with Crippen LogP contribution in [0.1, 0.15) is 90.4 Å². The SMILES string of the molecule is CCOC(=O)c1cc(C(=O)N[C@H]2CCCC[C@@H]2NCc2ccccc2)n(CC(=O)N[C@H]2CCCC[C@@H]2OCc2ccccc2)n1. The van der Waals surface area contributed by atoms with E-state index in [2.05, 4.69) is 33.2 Å². The maximum Gasteiger partial charge on any atom is 0.358 e. The smallest absolute Gasteiger partial charge is 0.358 e. The van der Waals surface area contributed by atoms with Gasteiger partial charge in [-0.25, -0.2) is 9.48 Å². The van der Waals surface area contributed by atoms with Crippen molar-refractivity contribution in [1.82, 2.24) is 25.7 Å². The first kappa shape index (κ1) is 32.4. The van der Waals surface area contributed by atoms with Crippen molar-refractivity contribution in [2.45, 2.75) is 102 Å². The van der Waals surface area contributed by atoms with Crippen LogP contribution in [0.5, 0.6) is 0 Å². The molecule has 0 unspecified atom stereocenters. The fourth-order valence-corrected chi connectivity index (χ4v) is 6.29. The molecule has 4 atom stereocenters. The van der Waals surface area contributed by atoms with Gasteiger partial charge in [-0.1, -0.05) is 86.3 Å². The van der Waals surface area contributed by atoms with Gasteiger partial charge in [0.2, 0.25) is 5.91 Å². The average molecular weight is 616 g/mol. The molecule has 2 saturated carbocycles. The Bertz CT molecular complexity index is 1400. The lowest BCUT2D eigenvalue weighted by atomic mass is 9.90. The van der Waals surface area contributed by atoms with Crippen molar-refractivity contribution in [3.63, 3.8) is 0 Å². The third-order valence-electron chi connectivity index (χ3n) is 8.64. The number of hydrogen-bond acceptors (Lipinski definition) is 7. The number of carbonyl (C=O) groups is 3. The number of benzene rings is 2. The van der Waals surface area contributed by atoms with Crippen LogP contribution >= 0.6 is 0 Å². The van der Waals surface area contributed by atoms with Gasteiger partial charge in [-0.3, -0.25) is 9.59 Å². The van der Waals surface area contributed by atoms with E-state index in [0.717, 1.165) is 56.9 Å². The predicted octanol–water partition coefficient (Wildman–Crippen LogP) is 4.53. The van der Waals surface area contributed by atoms with Crippen LogP contribution in [-0.4, -0.2) is 58.4 Å². The Morgan fingerprint density at radius 3 is 2.18 bits per heavy atom. The zero-order valence-electron chi connectivity index (χ0n) is 26.1. The Kier molecular flexibility index (Phi) is 11.8. The molecule has 1 aromatic heterocycles. The summed E-state index contributed by atoms with van der Waals surface area (Å²) < 4.78 is 12.7. The summed E-state index contributed by atoms with van der Waals surface area (Å²) in [4.78, 5) is 39.6. The summed E-state index contributed by atoms with van der Waals surface area (Å²) in [5, 5.41) is 14.3. The van der Waals surface area contributed by atoms with Crippen molar-refractivity contribution in [2.75, 3.05) is 6.61 Å². The Labute approximate surface area is 265 Å². The first-order valence-electron chi connectivity index (χ1n) is 16.3. The lowest BCUT2D eigenvalue weighted by Gasteiger charge is -2.33. The molecule has 45 heavy (non-hydrogen) atoms. The molecule has 2 aliphatic rings. The first-order chi connectivity index (χ1) is 22.0. The molecular formula is C35H45N5O5. The fourth-order valence-electron chi connectivity index (χ4n) is 6.29. The van der Waals surface area contributed by atoms with Crippen LogP contribution in [0.2, 0.25) is 0 Å². The van der Waals surface area contributed by atoms with Crippen LogP contribution in [0, 0.1) is 0 Å². The Hall–Kier alpha value is -4.02. The van der Waals surface area contributed by atoms with E-state index in [0.29, 0.717) is 13.2 Å². The number of esters is 1. The van der Waals surface area contributed by atoms with E-state index < -0.39 is 5.97 Å². The molecule has 10 nitrogen and oxygen atoms in total. The molecule has 3 N–H and O–H groups in total. The highest BCUT2D eigenvalue weighted by atomic mass is 16.5. The normalized spacial score (nSPS) is 21.5. The minimum atomic E-state index is -0.632. The van der Waals surface area contributed by atoms with Crippen LogP contribution in [0.15, 0.2) is 66.7 Å². The molecule has 2 amide bonds. The van der Waals surface area contributed by atoms with E-state index >= 15 is 0 Å². The minimum absolute atomic E-state index is 0.000987. The van der Waals surface area contributed by atoms with Crippen LogP contribution < -0.4 is 16.0 Å². The number of aromatic nitrogens is 2. The maximum absolute atomic E-state index is 13.7. The maximum atomic E-state index is 13.7. The van der Waals surface area contributed by atoms with Crippen molar-refractivity contribution in [2.24, 2.45) is 0 Å². The average Bonchev–Trinajstić information content (AvgIpc) is 3.49. The van der Waals surface area contributed by atoms with E-state index in [-0.39, 0.29) is 60.6 Å². The summed E-state index contributed by atoms with van der Waals surface area (Å²) in [6.45, 7) is 2.87. The monoisotopic (exact) mass is 615 g/mol. The number of nitrogens with zero attached hydrogens (tertiary/aromatic N) is 2. The second-order valence-electron chi connectivity index (χ2n) is 11.9. The number of hydrogen-bond donors (Lipinski definition) is 3. The van der Waals surface area contributed by atoms with Crippen molar-refractivity contribution in [1.29, 1.82) is 0 Å². The van der Waals surface area contributed by atoms with Gasteiger partial charge in [0.1, 0.15) is 12.2 Å². The summed E-state index contributed by atoms with van der Waals surface area (Å²) in [6.07, 6.45) is 7.49. The molecule has 10 heteroatoms. The lowest BCUT2D eigenvalue weighted by Crippen LogP contribution is -2.51. The van der Waals surface area contributed by atoms with Gasteiger partial charge in [0.05, 0.1) is 25.4 Å². The van der Waals surface area contributed by atoms with Crippen LogP contribution in [0.3, 0.4) is 0 Å². The van der Waals surface area contributed by atoms with Gasteiger partial charge in [-0.05, 0) is 43.7 Å². The summed E-state index contributed by atoms with van der Waals surface area (Å²) in [7, 11) is 0. The zero-order chi connectivity index (χ0) is 31.4. The minimum Gasteiger partial charge on any atom is -0.461 e. The quantitative estimate of drug-likeness (QED) is 0.241. The molecule has 0 bridgehead atoms. The van der Waals surface area contributed by atoms with Crippen molar-refractivity contribution >= 4 is 17.8 Å². The van der Waals surface area contributed by atoms with Crippen molar-refractivity contribution in [3.8, 4) is 0 Å². The lowest BCUT2D eigenvalue weighted by molar-refractivity contribution is -0.124. The number of nitrogens with one attached hydrogen (secondary N) is 3. The molecule has 2 aliphatic carbocycles. The van der Waals surface area contributed by atoms with Crippen LogP contribution in [0.25, 0.3) is 0 Å². The number of ether oxygens (including phenoxy) is 2. The molecule has 3 aromatic rings. The van der Waals surface area contributed by atoms with E-state index in [1.54, 1.807) is 6.92 Å². The Morgan fingerprint density at radius 1 is 0.822 bits per heavy atom. The van der Waals surface area contributed by atoms with Crippen molar-refractivity contribution < 1.29 is 23.9 Å². The number of rotatable bonds is 13. The molecule has 2 fully saturated rings. The van der Waals surface area contributed by atoms with Gasteiger partial charge < -0.3 is 25.4 Å². The van der Waals surface area contributed by atoms with E-state index in [9.17, 15) is 14.4 Å². The molecule has 240 valence electrons. The highest BCUT2D eigenvalue weighted by Gasteiger charge is 2.31. The number of amides is 2. The standard InChI is InChI=1S/C35H45N5O5/c1-2-44-35(43)30-21-31(34(42)38-28-18-10-9-17-27(28)36-22-25-13-5-3-6-14-25)40(39-30)23-33(41)37-29-19-11-12-20-32(29)45-24-26-15-7-4-8-16-26/h3-8,13-16,21,27-29,32,36H,2,9-12,17-20,22-24H2,1H3,(H,37,41)(H,38,42)/t27-,28-,29-,32-/m0/s1. The molecule has 0 saturated heterocycles. The molecule has 2 aromatic carbocycles. The Balaban J connectivity index is 1.25. The zero-order valence-corrected chi connectivity index (χ0v) is 26.1. The third-order valence-corrected chi connectivity index (χ3v) is 8.64. The molecule has 5 rings (SSSR count). The molecular weight excluding hydrogens is 570 g/mol. The van der Waals surface area contributed by atoms with Gasteiger partial charge in [0, 0.05) is 24.7 Å². The van der Waals surface area contributed by atoms with Crippen molar-refractivity contribution in [3.05, 3.63) is 89.2 Å². The van der Waals surface area contributed by atoms with Gasteiger partial charge in [-0.15, -0.1) is 0 Å². The largest absolute Gasteiger partial charge is 0.461 e. The highest BCUT2D eigenvalue weighted by molar-refractivity contribution is 5.96. The topological polar surface area (TPSA) is 124 Å². The summed E-state index contributed by atoms with van der Waals surface area (Å²) in [5.41, 5.74) is 2.42. The fraction of sp³-hybridized carbons (Fsp3) is 0.486. The predicted molar refractivity (Wildman–Crippen MR) is 170 cm³/mol. The molecule has 0 spiro atoms. The van der Waals surface area contributed by atoms with Gasteiger partial charge in [0.15, 0.2) is 5.69 Å². The highest BCUT2D eigenvalue weighted by Crippen LogP contribution is 2.23. The van der Waals surface area contributed by atoms with Gasteiger partial charge >= 0.3 is 5.97 Å². The van der Waals surface area contributed by atoms with Crippen LogP contribution in [0.4, 0.5) is 0 Å². The molecule has 0 aliphatic heterocycles. The number of carbonyl (C=O) groups excluding carboxylic acids is 3. The summed E-state index contributed by atoms with van der Waals surface area (Å²) >= 11 is 0. The van der Waals surface area contributed by atoms with Crippen LogP contribution in [-0.2, 0) is 34.0 Å². The van der Waals surface area contributed by atoms with Gasteiger partial charge in [-0.2, -0.15) is 5.10 Å². The summed E-state index contributed by atoms with van der Waals surface area (Å²) in [6, 6.07) is 21.5. The second-order valence-corrected chi connectivity index (χ2v) is 11.9. The molecule has 0 radical (unpaired) electrons. The molecule has 1 heterocycles. The third kappa shape index (κ3) is 9.25. The first-order valence-corrected chi connectivity index (χ1v) is 16.3. The Morgan fingerprint density at radius 2 is 1.47 bits per heavy atom. The van der Waals surface area contributed by atoms with E-state index in [1.165, 1.54) is 16.3 Å². The van der Waals surface area contributed by atoms with Gasteiger partial charge in [0.25, 0.3) is 5.91 Å². The van der Waals surface area contributed by atoms with E-state index in [1.807, 2.05) is 48.5 Å².